The van der Waals surface area contributed by atoms with E-state index in [1.165, 1.54) is 0 Å². The smallest absolute Gasteiger partial charge is 0.221 e. The van der Waals surface area contributed by atoms with E-state index in [9.17, 15) is 19.7 Å². The molecule has 1 rings (SSSR count). The molecule has 0 spiro atoms. The van der Waals surface area contributed by atoms with Gasteiger partial charge < -0.3 is 46.8 Å². The third-order valence-electron chi connectivity index (χ3n) is 3.15. The first-order valence-corrected chi connectivity index (χ1v) is 6.12. The van der Waals surface area contributed by atoms with E-state index >= 15 is 0 Å². The molecule has 1 aliphatic heterocycles. The molecule has 20 heavy (non-hydrogen) atoms. The summed E-state index contributed by atoms with van der Waals surface area (Å²) in [6.45, 7) is -0.597. The number of halogens is 2. The number of hydrogen-bond acceptors (Lipinski definition) is 6. The second kappa shape index (κ2) is 8.40. The molecule has 0 aromatic heterocycles. The van der Waals surface area contributed by atoms with Crippen molar-refractivity contribution in [3.63, 3.8) is 0 Å². The van der Waals surface area contributed by atoms with E-state index in [1.54, 1.807) is 14.1 Å². The maximum atomic E-state index is 12.6. The monoisotopic (exact) mass is 319 g/mol. The van der Waals surface area contributed by atoms with Gasteiger partial charge in [0.15, 0.2) is 6.29 Å². The molecular weight excluding hydrogens is 297 g/mol. The van der Waals surface area contributed by atoms with Gasteiger partial charge in [0.1, 0.15) is 31.0 Å². The highest BCUT2D eigenvalue weighted by molar-refractivity contribution is 4.88. The summed E-state index contributed by atoms with van der Waals surface area (Å²) in [7, 11) is 3.35. The van der Waals surface area contributed by atoms with E-state index in [0.717, 1.165) is 0 Å². The van der Waals surface area contributed by atoms with E-state index in [0.29, 0.717) is 6.54 Å². The Morgan fingerprint density at radius 1 is 1.15 bits per heavy atom. The van der Waals surface area contributed by atoms with Crippen molar-refractivity contribution in [3.05, 3.63) is 0 Å². The molecular formula is C11H23ClFNO6. The minimum atomic E-state index is -1.46. The average Bonchev–Trinajstić information content (AvgIpc) is 2.38. The molecule has 1 heterocycles. The van der Waals surface area contributed by atoms with Crippen LogP contribution in [0.15, 0.2) is 0 Å². The van der Waals surface area contributed by atoms with Gasteiger partial charge in [-0.3, -0.25) is 0 Å². The first-order chi connectivity index (χ1) is 8.82. The van der Waals surface area contributed by atoms with Crippen molar-refractivity contribution in [2.45, 2.75) is 30.7 Å². The highest BCUT2D eigenvalue weighted by atomic mass is 35.5. The average molecular weight is 320 g/mol. The lowest BCUT2D eigenvalue weighted by Gasteiger charge is -2.39. The van der Waals surface area contributed by atoms with Crippen LogP contribution in [0.25, 0.3) is 0 Å². The predicted octanol–water partition coefficient (Wildman–Crippen LogP) is -5.19. The van der Waals surface area contributed by atoms with Gasteiger partial charge in [0.25, 0.3) is 0 Å². The van der Waals surface area contributed by atoms with Crippen LogP contribution in [0.1, 0.15) is 0 Å². The number of quaternary nitrogens is 1. The number of aliphatic hydroxyl groups excluding tert-OH is 4. The topological polar surface area (TPSA) is 99.4 Å². The van der Waals surface area contributed by atoms with Gasteiger partial charge in [-0.2, -0.15) is 4.39 Å². The summed E-state index contributed by atoms with van der Waals surface area (Å²) in [6, 6.07) is 0. The number of alkyl halides is 1. The molecule has 0 bridgehead atoms. The molecule has 0 aromatic carbocycles. The van der Waals surface area contributed by atoms with Crippen LogP contribution in [0.5, 0.6) is 0 Å². The second-order valence-corrected chi connectivity index (χ2v) is 5.35. The zero-order valence-corrected chi connectivity index (χ0v) is 12.3. The Kier molecular flexibility index (Phi) is 8.37. The predicted molar refractivity (Wildman–Crippen MR) is 62.7 cm³/mol. The number of ether oxygens (including phenoxy) is 2. The summed E-state index contributed by atoms with van der Waals surface area (Å²) in [4.78, 5) is 0. The van der Waals surface area contributed by atoms with Crippen LogP contribution in [-0.2, 0) is 9.47 Å². The number of likely N-dealkylation sites (N-methyl/N-ethyl adjacent to an activating group) is 1. The van der Waals surface area contributed by atoms with Crippen molar-refractivity contribution in [2.24, 2.45) is 0 Å². The van der Waals surface area contributed by atoms with Crippen LogP contribution in [-0.4, -0.2) is 96.3 Å². The van der Waals surface area contributed by atoms with Crippen molar-refractivity contribution in [2.75, 3.05) is 40.7 Å². The van der Waals surface area contributed by atoms with Gasteiger partial charge in [-0.1, -0.05) is 0 Å². The van der Waals surface area contributed by atoms with Gasteiger partial charge in [0, 0.05) is 0 Å². The Labute approximate surface area is 123 Å². The Hall–Kier alpha value is -0.0600. The fraction of sp³-hybridized carbons (Fsp3) is 1.00. The molecule has 0 aliphatic carbocycles. The normalized spacial score (nSPS) is 34.6. The molecule has 0 amide bonds. The van der Waals surface area contributed by atoms with Gasteiger partial charge in [-0.15, -0.1) is 0 Å². The summed E-state index contributed by atoms with van der Waals surface area (Å²) < 4.78 is 23.1. The van der Waals surface area contributed by atoms with E-state index in [2.05, 4.69) is 0 Å². The van der Waals surface area contributed by atoms with Gasteiger partial charge in [-0.25, -0.2) is 0 Å². The molecule has 7 nitrogen and oxygen atoms in total. The molecule has 4 N–H and O–H groups in total. The highest BCUT2D eigenvalue weighted by Gasteiger charge is 2.44. The molecule has 1 aliphatic rings. The zero-order valence-electron chi connectivity index (χ0n) is 11.5. The van der Waals surface area contributed by atoms with Crippen LogP contribution < -0.4 is 12.4 Å². The zero-order chi connectivity index (χ0) is 14.6. The summed E-state index contributed by atoms with van der Waals surface area (Å²) in [5.41, 5.74) is 0. The van der Waals surface area contributed by atoms with Crippen molar-refractivity contribution in [1.82, 2.24) is 0 Å². The Morgan fingerprint density at radius 3 is 2.25 bits per heavy atom. The summed E-state index contributed by atoms with van der Waals surface area (Å²) >= 11 is 0. The molecule has 122 valence electrons. The fourth-order valence-corrected chi connectivity index (χ4v) is 1.68. The van der Waals surface area contributed by atoms with E-state index in [1.807, 2.05) is 0 Å². The third kappa shape index (κ3) is 5.05. The first-order valence-electron chi connectivity index (χ1n) is 6.12. The van der Waals surface area contributed by atoms with E-state index in [4.69, 9.17) is 14.6 Å². The molecule has 5 atom stereocenters. The molecule has 0 aromatic rings. The van der Waals surface area contributed by atoms with Gasteiger partial charge in [0.2, 0.25) is 6.80 Å². The SMILES string of the molecule is C[N+](C)(CF)CCO[C@@H]1O[C@H](CO)[C@@H](O)[C@H](O)[C@H]1O.[Cl-]. The molecule has 0 radical (unpaired) electrons. The van der Waals surface area contributed by atoms with Gasteiger partial charge in [0.05, 0.1) is 27.3 Å². The Bertz CT molecular complexity index is 284. The first kappa shape index (κ1) is 19.9. The van der Waals surface area contributed by atoms with Crippen LogP contribution in [0.4, 0.5) is 4.39 Å². The quantitative estimate of drug-likeness (QED) is 0.289. The number of nitrogens with zero attached hydrogens (tertiary/aromatic N) is 1. The lowest BCUT2D eigenvalue weighted by Crippen LogP contribution is -3.00. The van der Waals surface area contributed by atoms with Gasteiger partial charge >= 0.3 is 0 Å². The van der Waals surface area contributed by atoms with Crippen LogP contribution in [0.2, 0.25) is 0 Å². The Balaban J connectivity index is 0.00000361. The van der Waals surface area contributed by atoms with Crippen molar-refractivity contribution >= 4 is 0 Å². The van der Waals surface area contributed by atoms with Crippen molar-refractivity contribution in [3.8, 4) is 0 Å². The summed E-state index contributed by atoms with van der Waals surface area (Å²) in [6.07, 6.45) is -6.43. The number of aliphatic hydroxyl groups is 4. The lowest BCUT2D eigenvalue weighted by molar-refractivity contribution is -0.903. The molecule has 0 unspecified atom stereocenters. The minimum Gasteiger partial charge on any atom is -1.00 e. The number of hydrogen-bond donors (Lipinski definition) is 4. The maximum Gasteiger partial charge on any atom is 0.221 e. The molecule has 0 saturated carbocycles. The maximum absolute atomic E-state index is 12.6. The van der Waals surface area contributed by atoms with E-state index < -0.39 is 44.1 Å². The van der Waals surface area contributed by atoms with Crippen LogP contribution >= 0.6 is 0 Å². The van der Waals surface area contributed by atoms with Gasteiger partial charge in [-0.05, 0) is 0 Å². The second-order valence-electron chi connectivity index (χ2n) is 5.35. The minimum absolute atomic E-state index is 0. The van der Waals surface area contributed by atoms with Crippen molar-refractivity contribution < 1.29 is 51.2 Å². The third-order valence-corrected chi connectivity index (χ3v) is 3.15. The summed E-state index contributed by atoms with van der Waals surface area (Å²) in [5.74, 6) is 0. The van der Waals surface area contributed by atoms with Crippen LogP contribution in [0.3, 0.4) is 0 Å². The molecule has 9 heteroatoms. The number of rotatable bonds is 6. The van der Waals surface area contributed by atoms with Crippen LogP contribution in [0, 0.1) is 0 Å². The summed E-state index contributed by atoms with van der Waals surface area (Å²) in [5, 5.41) is 37.8. The lowest BCUT2D eigenvalue weighted by atomic mass is 9.99. The molecule has 1 fully saturated rings. The standard InChI is InChI=1S/C11H23FNO6.ClH/c1-13(2,6-12)3-4-18-11-10(17)9(16)8(15)7(5-14)19-11;/h7-11,14-17H,3-6H2,1-2H3;1H/q+1;/p-1/t7-,8-,9+,10-,11-;/m1./s1. The highest BCUT2D eigenvalue weighted by Crippen LogP contribution is 2.21. The Morgan fingerprint density at radius 2 is 1.75 bits per heavy atom. The largest absolute Gasteiger partial charge is 1.00 e. The molecule has 1 saturated heterocycles. The van der Waals surface area contributed by atoms with Crippen molar-refractivity contribution in [1.29, 1.82) is 0 Å². The fourth-order valence-electron chi connectivity index (χ4n) is 1.68. The van der Waals surface area contributed by atoms with E-state index in [-0.39, 0.29) is 23.5 Å².